The van der Waals surface area contributed by atoms with Gasteiger partial charge < -0.3 is 15.3 Å². The lowest BCUT2D eigenvalue weighted by atomic mass is 10.1. The van der Waals surface area contributed by atoms with Crippen LogP contribution in [-0.4, -0.2) is 28.4 Å². The molecule has 2 N–H and O–H groups in total. The van der Waals surface area contributed by atoms with E-state index in [-0.39, 0.29) is 11.5 Å². The van der Waals surface area contributed by atoms with Gasteiger partial charge in [-0.2, -0.15) is 0 Å². The highest BCUT2D eigenvalue weighted by Gasteiger charge is 2.15. The number of carbonyl (C=O) groups is 2. The number of benzene rings is 2. The van der Waals surface area contributed by atoms with Crippen molar-refractivity contribution in [3.63, 3.8) is 0 Å². The number of nitrogens with one attached hydrogen (secondary N) is 1. The van der Waals surface area contributed by atoms with Crippen LogP contribution >= 0.6 is 0 Å². The number of hydrogen-bond donors (Lipinski definition) is 2. The maximum atomic E-state index is 13.4. The van der Waals surface area contributed by atoms with Gasteiger partial charge in [0.05, 0.1) is 0 Å². The highest BCUT2D eigenvalue weighted by Crippen LogP contribution is 2.22. The number of aromatic hydroxyl groups is 1. The number of carbonyl (C=O) groups excluding carboxylic acids is 2. The molecule has 2 rings (SSSR count). The molecular formula is C18H18F2N2O3. The molecule has 25 heavy (non-hydrogen) atoms. The van der Waals surface area contributed by atoms with Gasteiger partial charge in [-0.3, -0.25) is 9.59 Å². The second kappa shape index (κ2) is 7.74. The van der Waals surface area contributed by atoms with Crippen molar-refractivity contribution in [1.29, 1.82) is 0 Å². The maximum Gasteiger partial charge on any atom is 0.255 e. The van der Waals surface area contributed by atoms with Gasteiger partial charge in [0.2, 0.25) is 5.91 Å². The highest BCUT2D eigenvalue weighted by molar-refractivity contribution is 6.04. The highest BCUT2D eigenvalue weighted by atomic mass is 19.1. The minimum atomic E-state index is -1.21. The summed E-state index contributed by atoms with van der Waals surface area (Å²) in [6.07, 6.45) is 0. The number of rotatable bonds is 5. The van der Waals surface area contributed by atoms with Gasteiger partial charge in [-0.25, -0.2) is 8.78 Å². The van der Waals surface area contributed by atoms with Gasteiger partial charge in [-0.05, 0) is 36.8 Å². The monoisotopic (exact) mass is 348 g/mol. The molecule has 0 fully saturated rings. The number of hydrogen-bond acceptors (Lipinski definition) is 3. The number of amides is 2. The normalized spacial score (nSPS) is 10.4. The zero-order valence-electron chi connectivity index (χ0n) is 13.8. The summed E-state index contributed by atoms with van der Waals surface area (Å²) < 4.78 is 26.7. The largest absolute Gasteiger partial charge is 0.503 e. The Kier molecular flexibility index (Phi) is 5.69. The van der Waals surface area contributed by atoms with Gasteiger partial charge in [0, 0.05) is 31.3 Å². The Morgan fingerprint density at radius 3 is 2.36 bits per heavy atom. The van der Waals surface area contributed by atoms with Gasteiger partial charge in [-0.15, -0.1) is 0 Å². The summed E-state index contributed by atoms with van der Waals surface area (Å²) >= 11 is 0. The van der Waals surface area contributed by atoms with E-state index < -0.39 is 23.3 Å². The second-order valence-corrected chi connectivity index (χ2v) is 5.48. The summed E-state index contributed by atoms with van der Waals surface area (Å²) in [5.74, 6) is -4.32. The molecule has 0 aromatic heterocycles. The first-order chi connectivity index (χ1) is 11.8. The molecule has 0 spiro atoms. The molecule has 0 saturated carbocycles. The van der Waals surface area contributed by atoms with E-state index in [1.807, 2.05) is 6.92 Å². The summed E-state index contributed by atoms with van der Waals surface area (Å²) in [4.78, 5) is 25.3. The molecule has 2 aromatic rings. The van der Waals surface area contributed by atoms with Crippen LogP contribution in [0.1, 0.15) is 29.8 Å². The minimum absolute atomic E-state index is 0.0630. The quantitative estimate of drug-likeness (QED) is 0.871. The number of anilines is 1. The standard InChI is InChI=1S/C18H18F2N2O3/c1-3-22(11(2)23)10-12-5-4-6-14(7-12)21-18(25)13-8-15(19)17(24)16(20)9-13/h4-9,24H,3,10H2,1-2H3,(H,21,25). The molecule has 7 heteroatoms. The Labute approximate surface area is 143 Å². The molecule has 0 radical (unpaired) electrons. The van der Waals surface area contributed by atoms with E-state index in [9.17, 15) is 18.4 Å². The van der Waals surface area contributed by atoms with Crippen molar-refractivity contribution >= 4 is 17.5 Å². The van der Waals surface area contributed by atoms with Crippen molar-refractivity contribution in [3.05, 3.63) is 59.2 Å². The summed E-state index contributed by atoms with van der Waals surface area (Å²) in [7, 11) is 0. The first-order valence-electron chi connectivity index (χ1n) is 7.65. The summed E-state index contributed by atoms with van der Waals surface area (Å²) in [5.41, 5.74) is 0.978. The van der Waals surface area contributed by atoms with Gasteiger partial charge in [0.1, 0.15) is 0 Å². The number of phenolic OH excluding ortho intramolecular Hbond substituents is 1. The number of nitrogens with zero attached hydrogens (tertiary/aromatic N) is 1. The lowest BCUT2D eigenvalue weighted by Gasteiger charge is -2.19. The third-order valence-electron chi connectivity index (χ3n) is 3.66. The van der Waals surface area contributed by atoms with Crippen molar-refractivity contribution in [2.45, 2.75) is 20.4 Å². The summed E-state index contributed by atoms with van der Waals surface area (Å²) in [6.45, 7) is 4.28. The topological polar surface area (TPSA) is 69.6 Å². The van der Waals surface area contributed by atoms with Crippen molar-refractivity contribution in [2.24, 2.45) is 0 Å². The fourth-order valence-electron chi connectivity index (χ4n) is 2.31. The Morgan fingerprint density at radius 1 is 1.16 bits per heavy atom. The molecule has 0 atom stereocenters. The predicted molar refractivity (Wildman–Crippen MR) is 89.2 cm³/mol. The number of phenols is 1. The zero-order chi connectivity index (χ0) is 18.6. The molecule has 0 heterocycles. The van der Waals surface area contributed by atoms with Crippen LogP contribution in [0.5, 0.6) is 5.75 Å². The van der Waals surface area contributed by atoms with Crippen molar-refractivity contribution in [3.8, 4) is 5.75 Å². The average molecular weight is 348 g/mol. The first-order valence-corrected chi connectivity index (χ1v) is 7.65. The van der Waals surface area contributed by atoms with E-state index in [2.05, 4.69) is 5.32 Å². The third-order valence-corrected chi connectivity index (χ3v) is 3.66. The molecule has 0 aliphatic heterocycles. The number of halogens is 2. The van der Waals surface area contributed by atoms with Crippen LogP contribution in [0, 0.1) is 11.6 Å². The van der Waals surface area contributed by atoms with E-state index in [1.54, 1.807) is 29.2 Å². The molecule has 0 aliphatic carbocycles. The smallest absolute Gasteiger partial charge is 0.255 e. The molecule has 2 aromatic carbocycles. The van der Waals surface area contributed by atoms with Gasteiger partial charge >= 0.3 is 0 Å². The van der Waals surface area contributed by atoms with Crippen LogP contribution in [0.2, 0.25) is 0 Å². The van der Waals surface area contributed by atoms with Crippen molar-refractivity contribution in [2.75, 3.05) is 11.9 Å². The first kappa shape index (κ1) is 18.4. The van der Waals surface area contributed by atoms with E-state index in [1.165, 1.54) is 6.92 Å². The van der Waals surface area contributed by atoms with Crippen LogP contribution in [-0.2, 0) is 11.3 Å². The lowest BCUT2D eigenvalue weighted by Crippen LogP contribution is -2.27. The molecule has 0 unspecified atom stereocenters. The SMILES string of the molecule is CCN(Cc1cccc(NC(=O)c2cc(F)c(O)c(F)c2)c1)C(C)=O. The molecule has 2 amide bonds. The Hall–Kier alpha value is -2.96. The lowest BCUT2D eigenvalue weighted by molar-refractivity contribution is -0.129. The predicted octanol–water partition coefficient (Wildman–Crippen LogP) is 3.29. The van der Waals surface area contributed by atoms with Crippen molar-refractivity contribution in [1.82, 2.24) is 4.90 Å². The Morgan fingerprint density at radius 2 is 1.80 bits per heavy atom. The van der Waals surface area contributed by atoms with Crippen molar-refractivity contribution < 1.29 is 23.5 Å². The van der Waals surface area contributed by atoms with Gasteiger partial charge in [0.25, 0.3) is 5.91 Å². The molecule has 5 nitrogen and oxygen atoms in total. The Balaban J connectivity index is 2.16. The van der Waals surface area contributed by atoms with E-state index in [0.29, 0.717) is 18.8 Å². The van der Waals surface area contributed by atoms with Crippen LogP contribution in [0.3, 0.4) is 0 Å². The summed E-state index contributed by atoms with van der Waals surface area (Å²) in [6, 6.07) is 8.32. The maximum absolute atomic E-state index is 13.4. The molecule has 0 bridgehead atoms. The third kappa shape index (κ3) is 4.53. The van der Waals surface area contributed by atoms with E-state index in [4.69, 9.17) is 5.11 Å². The van der Waals surface area contributed by atoms with Crippen LogP contribution < -0.4 is 5.32 Å². The molecule has 0 saturated heterocycles. The van der Waals surface area contributed by atoms with Crippen LogP contribution in [0.25, 0.3) is 0 Å². The van der Waals surface area contributed by atoms with Gasteiger partial charge in [-0.1, -0.05) is 12.1 Å². The molecule has 0 aliphatic rings. The fourth-order valence-corrected chi connectivity index (χ4v) is 2.31. The van der Waals surface area contributed by atoms with Crippen LogP contribution in [0.4, 0.5) is 14.5 Å². The minimum Gasteiger partial charge on any atom is -0.503 e. The molecular weight excluding hydrogens is 330 g/mol. The van der Waals surface area contributed by atoms with E-state index in [0.717, 1.165) is 17.7 Å². The summed E-state index contributed by atoms with van der Waals surface area (Å²) in [5, 5.41) is 11.6. The molecule has 132 valence electrons. The van der Waals surface area contributed by atoms with E-state index >= 15 is 0 Å². The zero-order valence-corrected chi connectivity index (χ0v) is 13.8. The second-order valence-electron chi connectivity index (χ2n) is 5.48. The fraction of sp³-hybridized carbons (Fsp3) is 0.222. The van der Waals surface area contributed by atoms with Crippen LogP contribution in [0.15, 0.2) is 36.4 Å². The average Bonchev–Trinajstić information content (AvgIpc) is 2.57. The Bertz CT molecular complexity index is 786. The van der Waals surface area contributed by atoms with Gasteiger partial charge in [0.15, 0.2) is 17.4 Å².